The molecule has 8 heteroatoms. The lowest BCUT2D eigenvalue weighted by atomic mass is 10.0. The zero-order valence-electron chi connectivity index (χ0n) is 26.9. The van der Waals surface area contributed by atoms with Gasteiger partial charge in [-0.25, -0.2) is 8.42 Å². The van der Waals surface area contributed by atoms with E-state index in [1.165, 1.54) is 17.0 Å². The molecule has 0 unspecified atom stereocenters. The number of hydrogen-bond donors (Lipinski definition) is 1. The molecule has 0 fully saturated rings. The highest BCUT2D eigenvalue weighted by Crippen LogP contribution is 2.27. The summed E-state index contributed by atoms with van der Waals surface area (Å²) < 4.78 is 29.4. The molecule has 4 rings (SSSR count). The molecule has 0 aromatic heterocycles. The Labute approximate surface area is 268 Å². The number of nitrogens with zero attached hydrogens (tertiary/aromatic N) is 2. The molecule has 0 radical (unpaired) electrons. The number of sulfonamides is 1. The maximum atomic E-state index is 14.6. The average Bonchev–Trinajstić information content (AvgIpc) is 3.00. The first-order valence-electron chi connectivity index (χ1n) is 15.1. The second kappa shape index (κ2) is 14.1. The molecule has 2 amide bonds. The third-order valence-corrected chi connectivity index (χ3v) is 9.42. The number of anilines is 1. The van der Waals surface area contributed by atoms with Gasteiger partial charge in [-0.05, 0) is 88.1 Å². The fourth-order valence-electron chi connectivity index (χ4n) is 5.03. The number of benzene rings is 4. The van der Waals surface area contributed by atoms with Gasteiger partial charge in [0.05, 0.1) is 10.6 Å². The van der Waals surface area contributed by atoms with Crippen molar-refractivity contribution >= 4 is 27.5 Å². The first kappa shape index (κ1) is 33.5. The maximum Gasteiger partial charge on any atom is 0.264 e. The van der Waals surface area contributed by atoms with Crippen LogP contribution in [0.2, 0.25) is 0 Å². The van der Waals surface area contributed by atoms with Crippen molar-refractivity contribution in [1.82, 2.24) is 10.2 Å². The Morgan fingerprint density at radius 1 is 0.756 bits per heavy atom. The van der Waals surface area contributed by atoms with Crippen molar-refractivity contribution in [3.8, 4) is 0 Å². The summed E-state index contributed by atoms with van der Waals surface area (Å²) in [6.45, 7) is 11.2. The van der Waals surface area contributed by atoms with Crippen molar-refractivity contribution in [2.45, 2.75) is 71.0 Å². The van der Waals surface area contributed by atoms with Crippen molar-refractivity contribution in [2.75, 3.05) is 10.8 Å². The van der Waals surface area contributed by atoms with Crippen LogP contribution in [-0.4, -0.2) is 43.3 Å². The molecule has 1 N–H and O–H groups in total. The van der Waals surface area contributed by atoms with Gasteiger partial charge in [0.25, 0.3) is 10.0 Å². The Bertz CT molecular complexity index is 1720. The number of rotatable bonds is 11. The first-order chi connectivity index (χ1) is 21.2. The second-order valence-corrected chi connectivity index (χ2v) is 14.4. The van der Waals surface area contributed by atoms with Crippen LogP contribution >= 0.6 is 0 Å². The van der Waals surface area contributed by atoms with Crippen LogP contribution in [0.4, 0.5) is 5.69 Å². The second-order valence-electron chi connectivity index (χ2n) is 12.5. The van der Waals surface area contributed by atoms with E-state index in [9.17, 15) is 18.0 Å². The van der Waals surface area contributed by atoms with E-state index >= 15 is 0 Å². The van der Waals surface area contributed by atoms with Gasteiger partial charge in [0.15, 0.2) is 0 Å². The van der Waals surface area contributed by atoms with Crippen molar-refractivity contribution in [3.63, 3.8) is 0 Å². The van der Waals surface area contributed by atoms with Crippen LogP contribution in [0, 0.1) is 20.8 Å². The predicted molar refractivity (Wildman–Crippen MR) is 180 cm³/mol. The summed E-state index contributed by atoms with van der Waals surface area (Å²) in [4.78, 5) is 30.1. The predicted octanol–water partition coefficient (Wildman–Crippen LogP) is 6.36. The van der Waals surface area contributed by atoms with Crippen LogP contribution in [-0.2, 0) is 32.6 Å². The quantitative estimate of drug-likeness (QED) is 0.210. The minimum Gasteiger partial charge on any atom is -0.350 e. The van der Waals surface area contributed by atoms with E-state index in [2.05, 4.69) is 5.32 Å². The third-order valence-electron chi connectivity index (χ3n) is 7.63. The molecular formula is C37H43N3O4S. The smallest absolute Gasteiger partial charge is 0.264 e. The van der Waals surface area contributed by atoms with Gasteiger partial charge >= 0.3 is 0 Å². The van der Waals surface area contributed by atoms with Crippen LogP contribution in [0.3, 0.4) is 0 Å². The van der Waals surface area contributed by atoms with Gasteiger partial charge < -0.3 is 10.2 Å². The molecule has 7 nitrogen and oxygen atoms in total. The molecule has 0 aliphatic rings. The number of nitrogens with one attached hydrogen (secondary N) is 1. The lowest BCUT2D eigenvalue weighted by molar-refractivity contribution is -0.140. The van der Waals surface area contributed by atoms with Crippen molar-refractivity contribution in [3.05, 3.63) is 131 Å². The van der Waals surface area contributed by atoms with Gasteiger partial charge in [-0.15, -0.1) is 0 Å². The molecule has 45 heavy (non-hydrogen) atoms. The molecule has 4 aromatic rings. The molecular weight excluding hydrogens is 582 g/mol. The van der Waals surface area contributed by atoms with E-state index in [4.69, 9.17) is 0 Å². The Morgan fingerprint density at radius 3 is 1.93 bits per heavy atom. The lowest BCUT2D eigenvalue weighted by Crippen LogP contribution is -2.56. The Kier molecular flexibility index (Phi) is 10.5. The zero-order valence-corrected chi connectivity index (χ0v) is 27.8. The summed E-state index contributed by atoms with van der Waals surface area (Å²) in [5.41, 5.74) is 4.52. The van der Waals surface area contributed by atoms with Crippen molar-refractivity contribution < 1.29 is 18.0 Å². The largest absolute Gasteiger partial charge is 0.350 e. The van der Waals surface area contributed by atoms with Gasteiger partial charge in [-0.1, -0.05) is 84.4 Å². The van der Waals surface area contributed by atoms with Gasteiger partial charge in [0.2, 0.25) is 11.8 Å². The van der Waals surface area contributed by atoms with E-state index in [0.29, 0.717) is 5.69 Å². The molecule has 0 heterocycles. The number of amides is 2. The monoisotopic (exact) mass is 625 g/mol. The van der Waals surface area contributed by atoms with Crippen molar-refractivity contribution in [1.29, 1.82) is 0 Å². The van der Waals surface area contributed by atoms with Gasteiger partial charge in [0, 0.05) is 18.5 Å². The molecule has 0 saturated carbocycles. The van der Waals surface area contributed by atoms with Crippen molar-refractivity contribution in [2.24, 2.45) is 0 Å². The van der Waals surface area contributed by atoms with Crippen LogP contribution in [0.15, 0.2) is 108 Å². The molecule has 0 bridgehead atoms. The number of carbonyl (C=O) groups is 2. The van der Waals surface area contributed by atoms with Crippen LogP contribution in [0.25, 0.3) is 0 Å². The first-order valence-corrected chi connectivity index (χ1v) is 16.5. The molecule has 0 aliphatic heterocycles. The summed E-state index contributed by atoms with van der Waals surface area (Å²) in [5, 5.41) is 3.06. The highest BCUT2D eigenvalue weighted by atomic mass is 32.2. The molecule has 0 aliphatic carbocycles. The fourth-order valence-corrected chi connectivity index (χ4v) is 6.45. The molecule has 0 saturated heterocycles. The Morgan fingerprint density at radius 2 is 1.36 bits per heavy atom. The normalized spacial score (nSPS) is 12.3. The summed E-state index contributed by atoms with van der Waals surface area (Å²) in [7, 11) is -4.14. The lowest BCUT2D eigenvalue weighted by Gasteiger charge is -2.35. The van der Waals surface area contributed by atoms with Crippen LogP contribution in [0.1, 0.15) is 48.6 Å². The van der Waals surface area contributed by atoms with E-state index in [1.807, 2.05) is 102 Å². The van der Waals surface area contributed by atoms with E-state index in [1.54, 1.807) is 30.3 Å². The fraction of sp³-hybridized carbons (Fsp3) is 0.297. The summed E-state index contributed by atoms with van der Waals surface area (Å²) in [6.07, 6.45) is 0.259. The molecule has 236 valence electrons. The van der Waals surface area contributed by atoms with E-state index < -0.39 is 34.1 Å². The average molecular weight is 626 g/mol. The third kappa shape index (κ3) is 8.82. The minimum atomic E-state index is -4.14. The summed E-state index contributed by atoms with van der Waals surface area (Å²) in [6, 6.07) is 29.9. The highest BCUT2D eigenvalue weighted by Gasteiger charge is 2.35. The van der Waals surface area contributed by atoms with Crippen LogP contribution < -0.4 is 9.62 Å². The number of hydrogen-bond acceptors (Lipinski definition) is 4. The number of aryl methyl sites for hydroxylation is 3. The molecule has 4 aromatic carbocycles. The highest BCUT2D eigenvalue weighted by molar-refractivity contribution is 7.92. The van der Waals surface area contributed by atoms with Gasteiger partial charge in [0.1, 0.15) is 12.6 Å². The summed E-state index contributed by atoms with van der Waals surface area (Å²) in [5.74, 6) is -0.797. The standard InChI is InChI=1S/C37H43N3O4S/c1-27-17-20-31(21-18-27)25-39(34(36(42)38-37(4,5)6)24-30-13-9-7-10-14-30)35(41)26-40(32-22-19-28(2)29(3)23-32)45(43,44)33-15-11-8-12-16-33/h7-23,34H,24-26H2,1-6H3,(H,38,42)/t34-/m1/s1. The van der Waals surface area contributed by atoms with Gasteiger partial charge in [-0.2, -0.15) is 0 Å². The maximum absolute atomic E-state index is 14.6. The molecule has 1 atom stereocenters. The SMILES string of the molecule is Cc1ccc(CN(C(=O)CN(c2ccc(C)c(C)c2)S(=O)(=O)c2ccccc2)[C@H](Cc2ccccc2)C(=O)NC(C)(C)C)cc1. The summed E-state index contributed by atoms with van der Waals surface area (Å²) >= 11 is 0. The molecule has 0 spiro atoms. The minimum absolute atomic E-state index is 0.0763. The number of carbonyl (C=O) groups excluding carboxylic acids is 2. The zero-order chi connectivity index (χ0) is 32.8. The van der Waals surface area contributed by atoms with Crippen LogP contribution in [0.5, 0.6) is 0 Å². The van der Waals surface area contributed by atoms with E-state index in [0.717, 1.165) is 32.1 Å². The Hall–Kier alpha value is -4.43. The topological polar surface area (TPSA) is 86.8 Å². The Balaban J connectivity index is 1.82. The van der Waals surface area contributed by atoms with E-state index in [-0.39, 0.29) is 23.8 Å². The van der Waals surface area contributed by atoms with Gasteiger partial charge in [-0.3, -0.25) is 13.9 Å².